The van der Waals surface area contributed by atoms with E-state index in [4.69, 9.17) is 37.9 Å². The Morgan fingerprint density at radius 2 is 0.810 bits per heavy atom. The van der Waals surface area contributed by atoms with Gasteiger partial charge in [-0.05, 0) is 151 Å². The Bertz CT molecular complexity index is 2230. The molecular weight excluding hydrogens is 1070 g/mol. The lowest BCUT2D eigenvalue weighted by Gasteiger charge is -2.36. The van der Waals surface area contributed by atoms with Gasteiger partial charge in [0.25, 0.3) is 0 Å². The standard InChI is InChI=1S/4C15H22O4.8CH4/c1-3-9(2)14(17)19-12-5-11-4-10(12)6-15(11)7-13(16)18-8-15;1-3-9(2)14(17)19-12-5-10-4-11(12)15(6-10)7-13(16)18-8-15;1-3-9(2)13(16)19-12-7-11-6-10(12)8-15(11)4-5-18-14(15)17;1-3-9(2)13(16)19-12-7-10-6-11(12)15(8-10)4-5-18-14(15)17;;;;;;;;/h4*9-12H,3-8H2,1-2H3;8*1H4. The van der Waals surface area contributed by atoms with Crippen LogP contribution in [0.25, 0.3) is 0 Å². The molecule has 12 rings (SSSR count). The zero-order chi connectivity index (χ0) is 54.5. The fourth-order valence-corrected chi connectivity index (χ4v) is 16.5. The highest BCUT2D eigenvalue weighted by Gasteiger charge is 2.65. The quantitative estimate of drug-likeness (QED) is 0.131. The zero-order valence-corrected chi connectivity index (χ0v) is 46.7. The Hall–Kier alpha value is -4.24. The molecule has 16 nitrogen and oxygen atoms in total. The molecule has 4 saturated heterocycles. The lowest BCUT2D eigenvalue weighted by molar-refractivity contribution is -0.164. The van der Waals surface area contributed by atoms with Gasteiger partial charge in [-0.2, -0.15) is 0 Å². The van der Waals surface area contributed by atoms with Gasteiger partial charge in [0.15, 0.2) is 0 Å². The van der Waals surface area contributed by atoms with Crippen LogP contribution >= 0.6 is 0 Å². The van der Waals surface area contributed by atoms with Gasteiger partial charge in [0.1, 0.15) is 24.4 Å². The van der Waals surface area contributed by atoms with E-state index in [9.17, 15) is 38.4 Å². The molecule has 4 spiro atoms. The topological polar surface area (TPSA) is 210 Å². The van der Waals surface area contributed by atoms with E-state index in [1.807, 2.05) is 55.4 Å². The van der Waals surface area contributed by atoms with Crippen LogP contribution in [0.5, 0.6) is 0 Å². The number of cyclic esters (lactones) is 4. The van der Waals surface area contributed by atoms with Gasteiger partial charge in [-0.1, -0.05) is 115 Å². The molecule has 0 radical (unpaired) electrons. The molecule has 12 aliphatic rings. The number of hydrogen-bond donors (Lipinski definition) is 0. The van der Waals surface area contributed by atoms with Crippen LogP contribution in [0.4, 0.5) is 0 Å². The highest BCUT2D eigenvalue weighted by Crippen LogP contribution is 2.64. The van der Waals surface area contributed by atoms with Crippen molar-refractivity contribution in [1.82, 2.24) is 0 Å². The fourth-order valence-electron chi connectivity index (χ4n) is 16.5. The third-order valence-corrected chi connectivity index (χ3v) is 21.8. The van der Waals surface area contributed by atoms with E-state index >= 15 is 0 Å². The lowest BCUT2D eigenvalue weighted by Crippen LogP contribution is -2.41. The number of esters is 8. The van der Waals surface area contributed by atoms with Gasteiger partial charge in [0.05, 0.1) is 73.8 Å². The van der Waals surface area contributed by atoms with E-state index in [0.717, 1.165) is 116 Å². The van der Waals surface area contributed by atoms with Crippen LogP contribution in [0.1, 0.15) is 243 Å². The van der Waals surface area contributed by atoms with E-state index in [1.54, 1.807) is 0 Å². The number of ether oxygens (including phenoxy) is 8. The molecule has 8 saturated carbocycles. The number of carbonyl (C=O) groups excluding carboxylic acids is 8. The molecule has 4 heterocycles. The monoisotopic (exact) mass is 1190 g/mol. The van der Waals surface area contributed by atoms with E-state index in [1.165, 1.54) is 0 Å². The Morgan fingerprint density at radius 3 is 1.17 bits per heavy atom. The van der Waals surface area contributed by atoms with Gasteiger partial charge in [-0.15, -0.1) is 0 Å². The number of hydrogen-bond acceptors (Lipinski definition) is 16. The number of rotatable bonds is 12. The maximum atomic E-state index is 12.0. The highest BCUT2D eigenvalue weighted by molar-refractivity contribution is 5.81. The molecule has 0 aromatic rings. The predicted molar refractivity (Wildman–Crippen MR) is 327 cm³/mol. The van der Waals surface area contributed by atoms with Crippen LogP contribution < -0.4 is 0 Å². The molecular formula is C68H120O16. The minimum absolute atomic E-state index is 0. The first kappa shape index (κ1) is 77.8. The average molecular weight is 1190 g/mol. The molecule has 0 N–H and O–H groups in total. The first-order chi connectivity index (χ1) is 36.2. The van der Waals surface area contributed by atoms with Gasteiger partial charge < -0.3 is 37.9 Å². The largest absolute Gasteiger partial charge is 0.465 e. The van der Waals surface area contributed by atoms with Crippen molar-refractivity contribution in [2.75, 3.05) is 26.4 Å². The Morgan fingerprint density at radius 1 is 0.429 bits per heavy atom. The second-order valence-electron chi connectivity index (χ2n) is 26.2. The molecule has 20 unspecified atom stereocenters. The van der Waals surface area contributed by atoms with Crippen LogP contribution in [0.2, 0.25) is 0 Å². The molecule has 4 aliphatic heterocycles. The summed E-state index contributed by atoms with van der Waals surface area (Å²) in [6, 6.07) is 0. The molecule has 8 aliphatic carbocycles. The van der Waals surface area contributed by atoms with Gasteiger partial charge in [0, 0.05) is 22.7 Å². The Labute approximate surface area is 508 Å². The summed E-state index contributed by atoms with van der Waals surface area (Å²) in [4.78, 5) is 94.4. The SMILES string of the molecule is C.C.C.C.C.C.C.C.CCC(C)C(=O)OC1CC2CC1C1(CCOC1=O)C2.CCC(C)C(=O)OC1CC2CC1C1(COC(=O)C1)C2.CCC(C)C(=O)OC1CC2CC1CC21CCOC1=O.CCC(C)C(=O)OC1CC2CC1CC21COC(=O)C1. The summed E-state index contributed by atoms with van der Waals surface area (Å²) >= 11 is 0. The van der Waals surface area contributed by atoms with Crippen LogP contribution in [-0.2, 0) is 76.3 Å². The van der Waals surface area contributed by atoms with Crippen LogP contribution in [0.3, 0.4) is 0 Å². The molecule has 488 valence electrons. The van der Waals surface area contributed by atoms with Crippen molar-refractivity contribution in [1.29, 1.82) is 0 Å². The van der Waals surface area contributed by atoms with Crippen molar-refractivity contribution in [3.63, 3.8) is 0 Å². The van der Waals surface area contributed by atoms with Crippen LogP contribution in [-0.4, -0.2) is 98.6 Å². The maximum absolute atomic E-state index is 12.0. The summed E-state index contributed by atoms with van der Waals surface area (Å²) in [5, 5.41) is 0. The first-order valence-corrected chi connectivity index (χ1v) is 29.7. The zero-order valence-electron chi connectivity index (χ0n) is 46.7. The van der Waals surface area contributed by atoms with Crippen molar-refractivity contribution in [3.05, 3.63) is 0 Å². The van der Waals surface area contributed by atoms with E-state index in [2.05, 4.69) is 0 Å². The van der Waals surface area contributed by atoms with Crippen LogP contribution in [0.15, 0.2) is 0 Å². The summed E-state index contributed by atoms with van der Waals surface area (Å²) < 4.78 is 43.4. The van der Waals surface area contributed by atoms with Crippen molar-refractivity contribution in [2.45, 2.75) is 268 Å². The smallest absolute Gasteiger partial charge is 0.312 e. The van der Waals surface area contributed by atoms with Crippen molar-refractivity contribution in [3.8, 4) is 0 Å². The summed E-state index contributed by atoms with van der Waals surface area (Å²) in [7, 11) is 0. The van der Waals surface area contributed by atoms with E-state index < -0.39 is 0 Å². The second kappa shape index (κ2) is 31.1. The molecule has 12 fully saturated rings. The fraction of sp³-hybridized carbons (Fsp3) is 0.882. The van der Waals surface area contributed by atoms with Crippen molar-refractivity contribution in [2.24, 2.45) is 92.7 Å². The summed E-state index contributed by atoms with van der Waals surface area (Å²) in [6.07, 6.45) is 17.8. The molecule has 8 bridgehead atoms. The molecule has 0 aromatic heterocycles. The Kier molecular flexibility index (Phi) is 28.8. The summed E-state index contributed by atoms with van der Waals surface area (Å²) in [5.41, 5.74) is -0.519. The summed E-state index contributed by atoms with van der Waals surface area (Å²) in [6.45, 7) is 17.8. The van der Waals surface area contributed by atoms with Crippen LogP contribution in [0, 0.1) is 92.7 Å². The second-order valence-corrected chi connectivity index (χ2v) is 26.2. The molecule has 0 amide bonds. The minimum atomic E-state index is -0.330. The van der Waals surface area contributed by atoms with Gasteiger partial charge >= 0.3 is 47.8 Å². The number of fused-ring (bicyclic) bond motifs is 12. The van der Waals surface area contributed by atoms with Gasteiger partial charge in [0.2, 0.25) is 0 Å². The summed E-state index contributed by atoms with van der Waals surface area (Å²) in [5.74, 6) is 2.68. The maximum Gasteiger partial charge on any atom is 0.312 e. The van der Waals surface area contributed by atoms with E-state index in [0.29, 0.717) is 80.7 Å². The normalized spacial score (nSPS) is 37.6. The van der Waals surface area contributed by atoms with Gasteiger partial charge in [-0.3, -0.25) is 38.4 Å². The molecule has 0 aromatic carbocycles. The van der Waals surface area contributed by atoms with E-state index in [-0.39, 0.29) is 183 Å². The van der Waals surface area contributed by atoms with Crippen molar-refractivity contribution < 1.29 is 76.3 Å². The first-order valence-electron chi connectivity index (χ1n) is 29.7. The highest BCUT2D eigenvalue weighted by atomic mass is 16.6. The number of carbonyl (C=O) groups is 8. The third-order valence-electron chi connectivity index (χ3n) is 21.8. The third kappa shape index (κ3) is 14.8. The minimum Gasteiger partial charge on any atom is -0.465 e. The Balaban J connectivity index is 0.000000543. The average Bonchev–Trinajstić information content (AvgIpc) is 2.30. The molecule has 20 atom stereocenters. The molecule has 16 heteroatoms. The van der Waals surface area contributed by atoms with Crippen molar-refractivity contribution >= 4 is 47.8 Å². The lowest BCUT2D eigenvalue weighted by atomic mass is 9.71. The predicted octanol–water partition coefficient (Wildman–Crippen LogP) is 14.3. The van der Waals surface area contributed by atoms with Gasteiger partial charge in [-0.25, -0.2) is 0 Å². The molecule has 84 heavy (non-hydrogen) atoms.